The Hall–Kier alpha value is -1.74. The summed E-state index contributed by atoms with van der Waals surface area (Å²) in [4.78, 5) is 13.2. The monoisotopic (exact) mass is 403 g/mol. The SMILES string of the molecule is CCCCCC(C)NC(=O)N1CCN(S(=O)(=O)c2cc(F)ccc2F)CC1. The number of carbonyl (C=O) groups is 1. The number of hydrogen-bond donors (Lipinski definition) is 1. The second-order valence-electron chi connectivity index (χ2n) is 6.81. The van der Waals surface area contributed by atoms with Crippen molar-refractivity contribution < 1.29 is 22.0 Å². The Morgan fingerprint density at radius 1 is 1.19 bits per heavy atom. The van der Waals surface area contributed by atoms with Crippen molar-refractivity contribution in [1.82, 2.24) is 14.5 Å². The van der Waals surface area contributed by atoms with E-state index in [1.54, 1.807) is 4.90 Å². The molecule has 0 saturated carbocycles. The van der Waals surface area contributed by atoms with Gasteiger partial charge in [0, 0.05) is 32.2 Å². The maximum atomic E-state index is 13.8. The predicted octanol–water partition coefficient (Wildman–Crippen LogP) is 2.95. The predicted molar refractivity (Wildman–Crippen MR) is 98.8 cm³/mol. The van der Waals surface area contributed by atoms with E-state index in [2.05, 4.69) is 12.2 Å². The van der Waals surface area contributed by atoms with Crippen molar-refractivity contribution in [1.29, 1.82) is 0 Å². The highest BCUT2D eigenvalue weighted by Gasteiger charge is 2.32. The van der Waals surface area contributed by atoms with Gasteiger partial charge in [-0.1, -0.05) is 26.2 Å². The van der Waals surface area contributed by atoms with Crippen LogP contribution in [0.1, 0.15) is 39.5 Å². The lowest BCUT2D eigenvalue weighted by Gasteiger charge is -2.34. The Kier molecular flexibility index (Phi) is 7.55. The molecule has 2 amide bonds. The van der Waals surface area contributed by atoms with Gasteiger partial charge < -0.3 is 10.2 Å². The first kappa shape index (κ1) is 21.6. The lowest BCUT2D eigenvalue weighted by atomic mass is 10.1. The Morgan fingerprint density at radius 3 is 2.48 bits per heavy atom. The van der Waals surface area contributed by atoms with Gasteiger partial charge in [-0.3, -0.25) is 0 Å². The minimum atomic E-state index is -4.14. The van der Waals surface area contributed by atoms with Crippen LogP contribution >= 0.6 is 0 Å². The third kappa shape index (κ3) is 5.62. The molecule has 1 heterocycles. The molecule has 6 nitrogen and oxygen atoms in total. The van der Waals surface area contributed by atoms with Crippen LogP contribution in [0.4, 0.5) is 13.6 Å². The summed E-state index contributed by atoms with van der Waals surface area (Å²) >= 11 is 0. The summed E-state index contributed by atoms with van der Waals surface area (Å²) in [7, 11) is -4.14. The van der Waals surface area contributed by atoms with Gasteiger partial charge in [0.25, 0.3) is 0 Å². The molecule has 1 fully saturated rings. The molecule has 1 aromatic carbocycles. The van der Waals surface area contributed by atoms with E-state index in [9.17, 15) is 22.0 Å². The van der Waals surface area contributed by atoms with Crippen LogP contribution in [0.15, 0.2) is 23.1 Å². The van der Waals surface area contributed by atoms with Crippen molar-refractivity contribution >= 4 is 16.1 Å². The highest BCUT2D eigenvalue weighted by Crippen LogP contribution is 2.21. The van der Waals surface area contributed by atoms with Gasteiger partial charge in [0.2, 0.25) is 10.0 Å². The molecule has 0 spiro atoms. The first-order valence-electron chi connectivity index (χ1n) is 9.26. The molecular formula is C18H27F2N3O3S. The molecule has 1 aliphatic heterocycles. The summed E-state index contributed by atoms with van der Waals surface area (Å²) < 4.78 is 53.4. The summed E-state index contributed by atoms with van der Waals surface area (Å²) in [5, 5.41) is 2.92. The van der Waals surface area contributed by atoms with Crippen molar-refractivity contribution in [2.45, 2.75) is 50.5 Å². The summed E-state index contributed by atoms with van der Waals surface area (Å²) in [6, 6.07) is 2.17. The molecule has 1 saturated heterocycles. The van der Waals surface area contributed by atoms with Gasteiger partial charge in [-0.25, -0.2) is 22.0 Å². The molecule has 27 heavy (non-hydrogen) atoms. The average Bonchev–Trinajstić information content (AvgIpc) is 2.64. The number of carbonyl (C=O) groups excluding carboxylic acids is 1. The standard InChI is InChI=1S/C18H27F2N3O3S/c1-3-4-5-6-14(2)21-18(24)22-9-11-23(12-10-22)27(25,26)17-13-15(19)7-8-16(17)20/h7-8,13-14H,3-6,9-12H2,1-2H3,(H,21,24). The first-order valence-corrected chi connectivity index (χ1v) is 10.7. The second kappa shape index (κ2) is 9.45. The number of amides is 2. The molecule has 1 aromatic rings. The van der Waals surface area contributed by atoms with Crippen LogP contribution in [0, 0.1) is 11.6 Å². The van der Waals surface area contributed by atoms with E-state index in [1.807, 2.05) is 6.92 Å². The van der Waals surface area contributed by atoms with Crippen LogP contribution in [0.2, 0.25) is 0 Å². The van der Waals surface area contributed by atoms with E-state index in [1.165, 1.54) is 0 Å². The Bertz CT molecular complexity index is 750. The van der Waals surface area contributed by atoms with Gasteiger partial charge in [-0.15, -0.1) is 0 Å². The third-order valence-electron chi connectivity index (χ3n) is 4.65. The number of piperazine rings is 1. The van der Waals surface area contributed by atoms with E-state index in [0.717, 1.165) is 42.1 Å². The van der Waals surface area contributed by atoms with Crippen molar-refractivity contribution in [2.75, 3.05) is 26.2 Å². The molecule has 1 aliphatic rings. The smallest absolute Gasteiger partial charge is 0.317 e. The van der Waals surface area contributed by atoms with E-state index >= 15 is 0 Å². The number of benzene rings is 1. The van der Waals surface area contributed by atoms with Crippen LogP contribution in [0.3, 0.4) is 0 Å². The summed E-state index contributed by atoms with van der Waals surface area (Å²) in [6.45, 7) is 4.53. The second-order valence-corrected chi connectivity index (χ2v) is 8.72. The van der Waals surface area contributed by atoms with Crippen LogP contribution in [-0.2, 0) is 10.0 Å². The minimum Gasteiger partial charge on any atom is -0.336 e. The maximum absolute atomic E-state index is 13.8. The highest BCUT2D eigenvalue weighted by atomic mass is 32.2. The number of hydrogen-bond acceptors (Lipinski definition) is 3. The number of sulfonamides is 1. The maximum Gasteiger partial charge on any atom is 0.317 e. The van der Waals surface area contributed by atoms with Crippen molar-refractivity contribution in [3.63, 3.8) is 0 Å². The molecule has 1 unspecified atom stereocenters. The van der Waals surface area contributed by atoms with E-state index in [0.29, 0.717) is 6.07 Å². The lowest BCUT2D eigenvalue weighted by molar-refractivity contribution is 0.169. The van der Waals surface area contributed by atoms with Crippen LogP contribution in [0.25, 0.3) is 0 Å². The zero-order valence-electron chi connectivity index (χ0n) is 15.7. The van der Waals surface area contributed by atoms with Crippen molar-refractivity contribution in [2.24, 2.45) is 0 Å². The van der Waals surface area contributed by atoms with E-state index < -0.39 is 26.6 Å². The zero-order chi connectivity index (χ0) is 20.0. The van der Waals surface area contributed by atoms with Crippen LogP contribution in [0.5, 0.6) is 0 Å². The number of halogens is 2. The van der Waals surface area contributed by atoms with Gasteiger partial charge in [-0.05, 0) is 31.5 Å². The molecule has 0 aliphatic carbocycles. The Morgan fingerprint density at radius 2 is 1.85 bits per heavy atom. The molecule has 1 N–H and O–H groups in total. The summed E-state index contributed by atoms with van der Waals surface area (Å²) in [6.07, 6.45) is 4.17. The number of urea groups is 1. The number of rotatable bonds is 7. The largest absolute Gasteiger partial charge is 0.336 e. The van der Waals surface area contributed by atoms with Crippen LogP contribution in [-0.4, -0.2) is 55.9 Å². The molecule has 0 aromatic heterocycles. The fraction of sp³-hybridized carbons (Fsp3) is 0.611. The quantitative estimate of drug-likeness (QED) is 0.712. The van der Waals surface area contributed by atoms with Gasteiger partial charge in [0.1, 0.15) is 16.5 Å². The van der Waals surface area contributed by atoms with Gasteiger partial charge >= 0.3 is 6.03 Å². The molecule has 0 bridgehead atoms. The normalized spacial score (nSPS) is 17.0. The number of nitrogens with one attached hydrogen (secondary N) is 1. The minimum absolute atomic E-state index is 0.0376. The molecule has 1 atom stereocenters. The lowest BCUT2D eigenvalue weighted by Crippen LogP contribution is -2.54. The molecule has 2 rings (SSSR count). The Labute approximate surface area is 159 Å². The summed E-state index contributed by atoms with van der Waals surface area (Å²) in [5.74, 6) is -1.80. The molecule has 152 valence electrons. The van der Waals surface area contributed by atoms with Gasteiger partial charge in [0.05, 0.1) is 0 Å². The number of unbranched alkanes of at least 4 members (excludes halogenated alkanes) is 2. The van der Waals surface area contributed by atoms with Crippen molar-refractivity contribution in [3.05, 3.63) is 29.8 Å². The van der Waals surface area contributed by atoms with E-state index in [-0.39, 0.29) is 38.3 Å². The van der Waals surface area contributed by atoms with Crippen molar-refractivity contribution in [3.8, 4) is 0 Å². The first-order chi connectivity index (χ1) is 12.8. The topological polar surface area (TPSA) is 69.7 Å². The summed E-state index contributed by atoms with van der Waals surface area (Å²) in [5.41, 5.74) is 0. The van der Waals surface area contributed by atoms with Gasteiger partial charge in [-0.2, -0.15) is 4.31 Å². The highest BCUT2D eigenvalue weighted by molar-refractivity contribution is 7.89. The van der Waals surface area contributed by atoms with Gasteiger partial charge in [0.15, 0.2) is 0 Å². The fourth-order valence-corrected chi connectivity index (χ4v) is 4.52. The molecular weight excluding hydrogens is 376 g/mol. The molecule has 9 heteroatoms. The molecule has 0 radical (unpaired) electrons. The average molecular weight is 403 g/mol. The zero-order valence-corrected chi connectivity index (χ0v) is 16.6. The Balaban J connectivity index is 1.92. The van der Waals surface area contributed by atoms with Crippen LogP contribution < -0.4 is 5.32 Å². The fourth-order valence-electron chi connectivity index (χ4n) is 3.02. The number of nitrogens with zero attached hydrogens (tertiary/aromatic N) is 2. The third-order valence-corrected chi connectivity index (χ3v) is 6.56. The van der Waals surface area contributed by atoms with E-state index in [4.69, 9.17) is 0 Å².